The van der Waals surface area contributed by atoms with Gasteiger partial charge in [-0.2, -0.15) is 0 Å². The van der Waals surface area contributed by atoms with E-state index in [1.54, 1.807) is 0 Å². The molecule has 1 unspecified atom stereocenters. The molecule has 1 aromatic carbocycles. The number of benzene rings is 1. The first-order chi connectivity index (χ1) is 8.59. The Balaban J connectivity index is 2.21. The molecular formula is C14H21N3O. The molecule has 1 saturated heterocycles. The van der Waals surface area contributed by atoms with Crippen LogP contribution in [0.3, 0.4) is 0 Å². The maximum absolute atomic E-state index is 12.2. The minimum absolute atomic E-state index is 0.158. The summed E-state index contributed by atoms with van der Waals surface area (Å²) in [5.74, 6) is 0.158. The number of likely N-dealkylation sites (N-methyl/N-ethyl adjacent to an activating group) is 1. The molecule has 1 N–H and O–H groups in total. The Morgan fingerprint density at radius 1 is 1.28 bits per heavy atom. The van der Waals surface area contributed by atoms with Gasteiger partial charge in [0, 0.05) is 33.4 Å². The third-order valence-electron chi connectivity index (χ3n) is 3.38. The average molecular weight is 247 g/mol. The molecule has 0 saturated carbocycles. The molecule has 1 aromatic rings. The Bertz CT molecular complexity index is 414. The Kier molecular flexibility index (Phi) is 3.87. The van der Waals surface area contributed by atoms with Gasteiger partial charge >= 0.3 is 0 Å². The molecule has 1 aliphatic heterocycles. The zero-order valence-corrected chi connectivity index (χ0v) is 11.3. The van der Waals surface area contributed by atoms with Gasteiger partial charge in [0.1, 0.15) is 6.04 Å². The van der Waals surface area contributed by atoms with Crippen LogP contribution in [-0.4, -0.2) is 45.0 Å². The van der Waals surface area contributed by atoms with Gasteiger partial charge in [-0.05, 0) is 30.7 Å². The van der Waals surface area contributed by atoms with Crippen LogP contribution in [0.5, 0.6) is 0 Å². The smallest absolute Gasteiger partial charge is 0.244 e. The molecule has 0 spiro atoms. The van der Waals surface area contributed by atoms with E-state index >= 15 is 0 Å². The lowest BCUT2D eigenvalue weighted by Crippen LogP contribution is -2.35. The van der Waals surface area contributed by atoms with E-state index in [9.17, 15) is 4.79 Å². The molecule has 98 valence electrons. The number of carbonyl (C=O) groups is 1. The molecule has 1 heterocycles. The summed E-state index contributed by atoms with van der Waals surface area (Å²) in [6.07, 6.45) is 1.01. The summed E-state index contributed by atoms with van der Waals surface area (Å²) in [5, 5.41) is 3.32. The minimum atomic E-state index is -0.200. The van der Waals surface area contributed by atoms with Gasteiger partial charge in [-0.25, -0.2) is 0 Å². The van der Waals surface area contributed by atoms with Crippen molar-refractivity contribution in [3.8, 4) is 0 Å². The van der Waals surface area contributed by atoms with Crippen molar-refractivity contribution in [2.75, 3.05) is 39.1 Å². The van der Waals surface area contributed by atoms with E-state index in [4.69, 9.17) is 0 Å². The highest BCUT2D eigenvalue weighted by molar-refractivity contribution is 5.83. The number of rotatable bonds is 2. The van der Waals surface area contributed by atoms with E-state index in [1.165, 1.54) is 0 Å². The number of anilines is 1. The normalized spacial score (nSPS) is 20.7. The van der Waals surface area contributed by atoms with Crippen LogP contribution in [0.25, 0.3) is 0 Å². The van der Waals surface area contributed by atoms with Gasteiger partial charge in [0.15, 0.2) is 0 Å². The van der Waals surface area contributed by atoms with Gasteiger partial charge in [-0.1, -0.05) is 12.1 Å². The lowest BCUT2D eigenvalue weighted by Gasteiger charge is -2.21. The van der Waals surface area contributed by atoms with Crippen LogP contribution in [0.15, 0.2) is 24.3 Å². The summed E-state index contributed by atoms with van der Waals surface area (Å²) < 4.78 is 0. The third kappa shape index (κ3) is 2.64. The van der Waals surface area contributed by atoms with Crippen LogP contribution in [0.1, 0.15) is 18.0 Å². The van der Waals surface area contributed by atoms with Gasteiger partial charge in [0.25, 0.3) is 0 Å². The molecule has 2 rings (SSSR count). The fourth-order valence-corrected chi connectivity index (χ4v) is 2.21. The number of nitrogens with one attached hydrogen (secondary N) is 1. The van der Waals surface area contributed by atoms with Crippen molar-refractivity contribution in [3.05, 3.63) is 29.8 Å². The average Bonchev–Trinajstić information content (AvgIpc) is 2.53. The van der Waals surface area contributed by atoms with Crippen LogP contribution in [0, 0.1) is 0 Å². The van der Waals surface area contributed by atoms with Gasteiger partial charge in [-0.3, -0.25) is 4.79 Å². The predicted molar refractivity (Wildman–Crippen MR) is 73.8 cm³/mol. The van der Waals surface area contributed by atoms with Crippen molar-refractivity contribution >= 4 is 11.6 Å². The summed E-state index contributed by atoms with van der Waals surface area (Å²) in [5.41, 5.74) is 2.19. The largest absolute Gasteiger partial charge is 0.378 e. The van der Waals surface area contributed by atoms with Crippen molar-refractivity contribution in [2.24, 2.45) is 0 Å². The predicted octanol–water partition coefficient (Wildman–Crippen LogP) is 1.25. The Hall–Kier alpha value is -1.55. The summed E-state index contributed by atoms with van der Waals surface area (Å²) in [7, 11) is 5.90. The van der Waals surface area contributed by atoms with E-state index in [1.807, 2.05) is 38.2 Å². The second-order valence-electron chi connectivity index (χ2n) is 4.99. The van der Waals surface area contributed by atoms with Gasteiger partial charge < -0.3 is 15.1 Å². The second-order valence-corrected chi connectivity index (χ2v) is 4.99. The molecule has 0 aromatic heterocycles. The van der Waals surface area contributed by atoms with Crippen molar-refractivity contribution in [1.29, 1.82) is 0 Å². The standard InChI is InChI=1S/C14H21N3O/c1-16(2)12-7-5-11(6-8-12)13-14(18)17(3)10-4-9-15-13/h5-8,13,15H,4,9-10H2,1-3H3. The number of nitrogens with zero attached hydrogens (tertiary/aromatic N) is 2. The van der Waals surface area contributed by atoms with Crippen LogP contribution in [-0.2, 0) is 4.79 Å². The molecule has 0 radical (unpaired) electrons. The number of carbonyl (C=O) groups excluding carboxylic acids is 1. The topological polar surface area (TPSA) is 35.6 Å². The number of amides is 1. The van der Waals surface area contributed by atoms with E-state index in [-0.39, 0.29) is 11.9 Å². The molecule has 1 fully saturated rings. The van der Waals surface area contributed by atoms with Crippen molar-refractivity contribution in [3.63, 3.8) is 0 Å². The first kappa shape index (κ1) is 12.9. The van der Waals surface area contributed by atoms with Crippen LogP contribution in [0.2, 0.25) is 0 Å². The van der Waals surface area contributed by atoms with Gasteiger partial charge in [0.2, 0.25) is 5.91 Å². The fourth-order valence-electron chi connectivity index (χ4n) is 2.21. The molecule has 1 amide bonds. The maximum Gasteiger partial charge on any atom is 0.244 e. The highest BCUT2D eigenvalue weighted by Gasteiger charge is 2.25. The lowest BCUT2D eigenvalue weighted by molar-refractivity contribution is -0.131. The molecule has 1 aliphatic rings. The second kappa shape index (κ2) is 5.40. The molecular weight excluding hydrogens is 226 g/mol. The summed E-state index contributed by atoms with van der Waals surface area (Å²) >= 11 is 0. The molecule has 4 heteroatoms. The van der Waals surface area contributed by atoms with Crippen LogP contribution >= 0.6 is 0 Å². The molecule has 1 atom stereocenters. The highest BCUT2D eigenvalue weighted by Crippen LogP contribution is 2.20. The first-order valence-corrected chi connectivity index (χ1v) is 6.35. The molecule has 0 aliphatic carbocycles. The summed E-state index contributed by atoms with van der Waals surface area (Å²) in [6.45, 7) is 1.72. The highest BCUT2D eigenvalue weighted by atomic mass is 16.2. The third-order valence-corrected chi connectivity index (χ3v) is 3.38. The number of hydrogen-bond acceptors (Lipinski definition) is 3. The quantitative estimate of drug-likeness (QED) is 0.854. The van der Waals surface area contributed by atoms with E-state index in [0.717, 1.165) is 30.8 Å². The Morgan fingerprint density at radius 3 is 2.56 bits per heavy atom. The zero-order valence-electron chi connectivity index (χ0n) is 11.3. The van der Waals surface area contributed by atoms with Gasteiger partial charge in [-0.15, -0.1) is 0 Å². The van der Waals surface area contributed by atoms with E-state index < -0.39 is 0 Å². The van der Waals surface area contributed by atoms with E-state index in [0.29, 0.717) is 0 Å². The maximum atomic E-state index is 12.2. The molecule has 0 bridgehead atoms. The summed E-state index contributed by atoms with van der Waals surface area (Å²) in [6, 6.07) is 7.96. The van der Waals surface area contributed by atoms with Crippen LogP contribution < -0.4 is 10.2 Å². The van der Waals surface area contributed by atoms with Crippen molar-refractivity contribution in [1.82, 2.24) is 10.2 Å². The lowest BCUT2D eigenvalue weighted by atomic mass is 10.1. The molecule has 4 nitrogen and oxygen atoms in total. The van der Waals surface area contributed by atoms with Crippen molar-refractivity contribution < 1.29 is 4.79 Å². The Labute approximate surface area is 109 Å². The number of hydrogen-bond donors (Lipinski definition) is 1. The minimum Gasteiger partial charge on any atom is -0.378 e. The van der Waals surface area contributed by atoms with Gasteiger partial charge in [0.05, 0.1) is 0 Å². The summed E-state index contributed by atoms with van der Waals surface area (Å²) in [4.78, 5) is 16.1. The SMILES string of the molecule is CN1CCCNC(c2ccc(N(C)C)cc2)C1=O. The zero-order chi connectivity index (χ0) is 13.1. The molecule has 18 heavy (non-hydrogen) atoms. The first-order valence-electron chi connectivity index (χ1n) is 6.35. The van der Waals surface area contributed by atoms with Crippen LogP contribution in [0.4, 0.5) is 5.69 Å². The fraction of sp³-hybridized carbons (Fsp3) is 0.500. The monoisotopic (exact) mass is 247 g/mol. The van der Waals surface area contributed by atoms with E-state index in [2.05, 4.69) is 22.3 Å². The Morgan fingerprint density at radius 2 is 1.94 bits per heavy atom. The van der Waals surface area contributed by atoms with Crippen molar-refractivity contribution in [2.45, 2.75) is 12.5 Å².